The van der Waals surface area contributed by atoms with E-state index in [0.717, 1.165) is 0 Å². The Labute approximate surface area is 120 Å². The molecule has 102 valence electrons. The first-order valence-electron chi connectivity index (χ1n) is 5.65. The van der Waals surface area contributed by atoms with Crippen LogP contribution in [0.15, 0.2) is 18.2 Å². The second-order valence-corrected chi connectivity index (χ2v) is 4.53. The lowest BCUT2D eigenvalue weighted by atomic mass is 10.3. The summed E-state index contributed by atoms with van der Waals surface area (Å²) in [5, 5.41) is 15.6. The summed E-state index contributed by atoms with van der Waals surface area (Å²) < 4.78 is 6.51. The fourth-order valence-corrected chi connectivity index (χ4v) is 1.91. The summed E-state index contributed by atoms with van der Waals surface area (Å²) in [4.78, 5) is 0. The topological polar surface area (TPSA) is 64.9 Å². The molecule has 0 bridgehead atoms. The number of hydrogen-bond donors (Lipinski definition) is 1. The molecule has 0 fully saturated rings. The molecule has 0 atom stereocenters. The van der Waals surface area contributed by atoms with Gasteiger partial charge >= 0.3 is 0 Å². The minimum absolute atomic E-state index is 0.426. The maximum Gasteiger partial charge on any atom is 0.170 e. The molecular formula is C11H13Cl2N5O. The fourth-order valence-electron chi connectivity index (χ4n) is 1.53. The summed E-state index contributed by atoms with van der Waals surface area (Å²) in [6.45, 7) is 1.85. The van der Waals surface area contributed by atoms with Gasteiger partial charge in [-0.05, 0) is 22.6 Å². The first-order chi connectivity index (χ1) is 9.24. The summed E-state index contributed by atoms with van der Waals surface area (Å²) in [6.07, 6.45) is 0. The van der Waals surface area contributed by atoms with Crippen molar-refractivity contribution < 1.29 is 4.74 Å². The van der Waals surface area contributed by atoms with E-state index in [9.17, 15) is 0 Å². The fraction of sp³-hybridized carbons (Fsp3) is 0.364. The van der Waals surface area contributed by atoms with Crippen LogP contribution in [0.25, 0.3) is 5.69 Å². The number of methoxy groups -OCH3 is 1. The van der Waals surface area contributed by atoms with Gasteiger partial charge in [0.2, 0.25) is 0 Å². The van der Waals surface area contributed by atoms with Crippen molar-refractivity contribution >= 4 is 23.2 Å². The molecule has 0 amide bonds. The molecule has 2 aromatic rings. The van der Waals surface area contributed by atoms with Crippen molar-refractivity contribution in [3.8, 4) is 5.69 Å². The van der Waals surface area contributed by atoms with Crippen molar-refractivity contribution in [1.82, 2.24) is 25.5 Å². The van der Waals surface area contributed by atoms with Gasteiger partial charge in [-0.25, -0.2) is 0 Å². The Balaban J connectivity index is 2.17. The van der Waals surface area contributed by atoms with Gasteiger partial charge in [0.25, 0.3) is 0 Å². The van der Waals surface area contributed by atoms with Crippen LogP contribution in [0.3, 0.4) is 0 Å². The van der Waals surface area contributed by atoms with Crippen molar-refractivity contribution in [1.29, 1.82) is 0 Å². The predicted octanol–water partition coefficient (Wildman–Crippen LogP) is 1.71. The largest absolute Gasteiger partial charge is 0.383 e. The average molecular weight is 302 g/mol. The highest BCUT2D eigenvalue weighted by atomic mass is 35.5. The number of nitrogens with zero attached hydrogens (tertiary/aromatic N) is 4. The summed E-state index contributed by atoms with van der Waals surface area (Å²) in [5.74, 6) is 0.653. The third kappa shape index (κ3) is 3.42. The molecule has 0 saturated carbocycles. The summed E-state index contributed by atoms with van der Waals surface area (Å²) in [6, 6.07) is 5.32. The lowest BCUT2D eigenvalue weighted by molar-refractivity contribution is 0.199. The number of tetrazole rings is 1. The molecule has 0 radical (unpaired) electrons. The predicted molar refractivity (Wildman–Crippen MR) is 72.8 cm³/mol. The molecule has 2 rings (SSSR count). The van der Waals surface area contributed by atoms with Gasteiger partial charge in [-0.2, -0.15) is 4.68 Å². The summed E-state index contributed by atoms with van der Waals surface area (Å²) >= 11 is 12.1. The molecule has 1 aromatic heterocycles. The van der Waals surface area contributed by atoms with Crippen LogP contribution >= 0.6 is 23.2 Å². The van der Waals surface area contributed by atoms with Crippen LogP contribution in [-0.4, -0.2) is 40.5 Å². The molecule has 19 heavy (non-hydrogen) atoms. The smallest absolute Gasteiger partial charge is 0.170 e. The highest BCUT2D eigenvalue weighted by Crippen LogP contribution is 2.28. The minimum Gasteiger partial charge on any atom is -0.383 e. The number of nitrogens with one attached hydrogen (secondary N) is 1. The third-order valence-electron chi connectivity index (χ3n) is 2.46. The van der Waals surface area contributed by atoms with Crippen LogP contribution in [0.5, 0.6) is 0 Å². The van der Waals surface area contributed by atoms with E-state index in [1.807, 2.05) is 6.07 Å². The molecule has 8 heteroatoms. The van der Waals surface area contributed by atoms with Gasteiger partial charge in [0.1, 0.15) is 0 Å². The van der Waals surface area contributed by atoms with Gasteiger partial charge in [0, 0.05) is 13.7 Å². The first kappa shape index (κ1) is 14.2. The van der Waals surface area contributed by atoms with Crippen LogP contribution in [0.4, 0.5) is 0 Å². The Hall–Kier alpha value is -1.21. The van der Waals surface area contributed by atoms with Crippen molar-refractivity contribution in [3.05, 3.63) is 34.1 Å². The number of aromatic nitrogens is 4. The average Bonchev–Trinajstić information content (AvgIpc) is 2.86. The molecule has 0 saturated heterocycles. The Morgan fingerprint density at radius 3 is 3.00 bits per heavy atom. The van der Waals surface area contributed by atoms with Crippen molar-refractivity contribution in [3.63, 3.8) is 0 Å². The molecule has 6 nitrogen and oxygen atoms in total. The van der Waals surface area contributed by atoms with E-state index in [-0.39, 0.29) is 0 Å². The third-order valence-corrected chi connectivity index (χ3v) is 3.27. The van der Waals surface area contributed by atoms with Gasteiger partial charge in [0.15, 0.2) is 5.82 Å². The zero-order valence-electron chi connectivity index (χ0n) is 10.3. The van der Waals surface area contributed by atoms with E-state index >= 15 is 0 Å². The molecule has 0 aliphatic heterocycles. The van der Waals surface area contributed by atoms with E-state index in [1.54, 1.807) is 23.9 Å². The molecule has 0 aliphatic rings. The second kappa shape index (κ2) is 6.81. The van der Waals surface area contributed by atoms with Gasteiger partial charge in [-0.1, -0.05) is 29.3 Å². The van der Waals surface area contributed by atoms with Crippen LogP contribution < -0.4 is 5.32 Å². The van der Waals surface area contributed by atoms with Crippen LogP contribution in [0, 0.1) is 0 Å². The number of benzene rings is 1. The molecule has 0 aliphatic carbocycles. The maximum atomic E-state index is 6.15. The number of ether oxygens (including phenoxy) is 1. The van der Waals surface area contributed by atoms with E-state index in [1.165, 1.54) is 0 Å². The van der Waals surface area contributed by atoms with Crippen LogP contribution in [-0.2, 0) is 11.3 Å². The van der Waals surface area contributed by atoms with Gasteiger partial charge in [-0.3, -0.25) is 0 Å². The van der Waals surface area contributed by atoms with Crippen molar-refractivity contribution in [2.24, 2.45) is 0 Å². The normalized spacial score (nSPS) is 10.9. The van der Waals surface area contributed by atoms with E-state index < -0.39 is 0 Å². The van der Waals surface area contributed by atoms with E-state index in [0.29, 0.717) is 41.3 Å². The number of hydrogen-bond acceptors (Lipinski definition) is 5. The molecule has 1 aromatic carbocycles. The molecular weight excluding hydrogens is 289 g/mol. The van der Waals surface area contributed by atoms with Crippen LogP contribution in [0.2, 0.25) is 10.0 Å². The SMILES string of the molecule is COCCNCc1nnnn1-c1cccc(Cl)c1Cl. The second-order valence-electron chi connectivity index (χ2n) is 3.75. The zero-order chi connectivity index (χ0) is 13.7. The number of rotatable bonds is 6. The van der Waals surface area contributed by atoms with E-state index in [4.69, 9.17) is 27.9 Å². The molecule has 0 unspecified atom stereocenters. The first-order valence-corrected chi connectivity index (χ1v) is 6.41. The van der Waals surface area contributed by atoms with Gasteiger partial charge in [0.05, 0.1) is 28.9 Å². The molecule has 0 spiro atoms. The summed E-state index contributed by atoms with van der Waals surface area (Å²) in [7, 11) is 1.65. The molecule has 1 N–H and O–H groups in total. The summed E-state index contributed by atoms with van der Waals surface area (Å²) in [5.41, 5.74) is 0.655. The Kier molecular flexibility index (Phi) is 5.09. The monoisotopic (exact) mass is 301 g/mol. The minimum atomic E-state index is 0.426. The quantitative estimate of drug-likeness (QED) is 0.823. The van der Waals surface area contributed by atoms with Crippen LogP contribution in [0.1, 0.15) is 5.82 Å². The van der Waals surface area contributed by atoms with Gasteiger partial charge in [-0.15, -0.1) is 5.10 Å². The Morgan fingerprint density at radius 1 is 1.37 bits per heavy atom. The standard InChI is InChI=1S/C11H13Cl2N5O/c1-19-6-5-14-7-10-15-16-17-18(10)9-4-2-3-8(12)11(9)13/h2-4,14H,5-7H2,1H3. The lowest BCUT2D eigenvalue weighted by Gasteiger charge is -2.08. The highest BCUT2D eigenvalue weighted by Gasteiger charge is 2.12. The Bertz CT molecular complexity index is 546. The lowest BCUT2D eigenvalue weighted by Crippen LogP contribution is -2.21. The zero-order valence-corrected chi connectivity index (χ0v) is 11.8. The van der Waals surface area contributed by atoms with Crippen molar-refractivity contribution in [2.45, 2.75) is 6.54 Å². The van der Waals surface area contributed by atoms with Gasteiger partial charge < -0.3 is 10.1 Å². The number of halogens is 2. The maximum absolute atomic E-state index is 6.15. The van der Waals surface area contributed by atoms with Crippen molar-refractivity contribution in [2.75, 3.05) is 20.3 Å². The molecule has 1 heterocycles. The van der Waals surface area contributed by atoms with E-state index in [2.05, 4.69) is 20.8 Å². The highest BCUT2D eigenvalue weighted by molar-refractivity contribution is 6.43. The Morgan fingerprint density at radius 2 is 2.21 bits per heavy atom.